The Kier molecular flexibility index (Phi) is 26.9. The van der Waals surface area contributed by atoms with Crippen molar-refractivity contribution in [3.05, 3.63) is 181 Å². The van der Waals surface area contributed by atoms with Crippen LogP contribution in [-0.2, 0) is 18.8 Å². The summed E-state index contributed by atoms with van der Waals surface area (Å²) < 4.78 is 38.3. The molecule has 0 aromatic heterocycles. The van der Waals surface area contributed by atoms with Gasteiger partial charge < -0.3 is 84.2 Å². The lowest BCUT2D eigenvalue weighted by Crippen LogP contribution is -2.51. The van der Waals surface area contributed by atoms with Crippen LogP contribution in [0.3, 0.4) is 0 Å². The van der Waals surface area contributed by atoms with Gasteiger partial charge in [-0.05, 0) is 198 Å². The van der Waals surface area contributed by atoms with Crippen LogP contribution in [0, 0.1) is 0 Å². The van der Waals surface area contributed by atoms with Crippen molar-refractivity contribution in [2.75, 3.05) is 58.1 Å². The SMILES string of the molecule is CC(C)(C)OC(=O)N1CCC2(C=C(B3OC(C)(C)C(C)(C)O3)c3ccccc3O2)CC1.CCN(CC)C(=O)c1ccc(Br)cc1O.CCN(CC)C(=O)c1ccc(C2=CC3(CCN(C(=O)OC(C)(C)C)CC3)Oc3ccccc32)cc1O.Nc1ccc(C(=O)O)c(O)c1.O=C(O)c1ccc(Br)cc1O. The molecule has 2 spiro atoms. The highest BCUT2D eigenvalue weighted by Crippen LogP contribution is 2.48. The van der Waals surface area contributed by atoms with Crippen molar-refractivity contribution in [3.63, 3.8) is 0 Å². The van der Waals surface area contributed by atoms with E-state index < -0.39 is 52.7 Å². The number of ether oxygens (including phenoxy) is 4. The number of carboxylic acids is 2. The number of phenols is 4. The minimum atomic E-state index is -1.16. The average molecular weight is 1560 g/mol. The lowest BCUT2D eigenvalue weighted by molar-refractivity contribution is -0.00233. The van der Waals surface area contributed by atoms with Crippen LogP contribution in [0.2, 0.25) is 0 Å². The van der Waals surface area contributed by atoms with Gasteiger partial charge in [0.15, 0.2) is 0 Å². The quantitative estimate of drug-likeness (QED) is 0.0495. The number of hydrogen-bond acceptors (Lipinski definition) is 17. The molecule has 8 N–H and O–H groups in total. The summed E-state index contributed by atoms with van der Waals surface area (Å²) in [6.45, 7) is 31.8. The Morgan fingerprint density at radius 3 is 1.27 bits per heavy atom. The normalized spacial score (nSPS) is 16.3. The maximum absolute atomic E-state index is 12.8. The predicted molar refractivity (Wildman–Crippen MR) is 405 cm³/mol. The lowest BCUT2D eigenvalue weighted by atomic mass is 9.69. The molecule has 3 saturated heterocycles. The topological polar surface area (TPSA) is 318 Å². The molecule has 6 aromatic carbocycles. The summed E-state index contributed by atoms with van der Waals surface area (Å²) in [4.78, 5) is 77.3. The van der Waals surface area contributed by atoms with E-state index in [-0.39, 0.29) is 58.1 Å². The summed E-state index contributed by atoms with van der Waals surface area (Å²) in [6, 6.07) is 34.1. The molecule has 26 heteroatoms. The number of amides is 4. The number of fused-ring (bicyclic) bond motifs is 2. The van der Waals surface area contributed by atoms with Crippen LogP contribution >= 0.6 is 31.9 Å². The number of carbonyl (C=O) groups is 6. The van der Waals surface area contributed by atoms with E-state index in [9.17, 15) is 39.0 Å². The molecular formula is C78H96BBr2N5O18. The zero-order valence-corrected chi connectivity index (χ0v) is 64.6. The number of para-hydroxylation sites is 2. The number of aromatic carboxylic acids is 2. The molecule has 5 aliphatic rings. The number of carbonyl (C=O) groups excluding carboxylic acids is 4. The molecule has 3 fully saturated rings. The zero-order valence-electron chi connectivity index (χ0n) is 61.5. The van der Waals surface area contributed by atoms with Gasteiger partial charge in [0, 0.05) is 110 Å². The number of benzene rings is 6. The number of aromatic hydroxyl groups is 4. The highest BCUT2D eigenvalue weighted by atomic mass is 79.9. The van der Waals surface area contributed by atoms with Gasteiger partial charge >= 0.3 is 31.2 Å². The van der Waals surface area contributed by atoms with Crippen molar-refractivity contribution < 1.29 is 87.7 Å². The molecule has 0 atom stereocenters. The highest BCUT2D eigenvalue weighted by Gasteiger charge is 2.55. The van der Waals surface area contributed by atoms with Crippen molar-refractivity contribution in [1.29, 1.82) is 0 Å². The van der Waals surface area contributed by atoms with E-state index in [0.717, 1.165) is 43.7 Å². The highest BCUT2D eigenvalue weighted by molar-refractivity contribution is 9.10. The second-order valence-electron chi connectivity index (χ2n) is 28.4. The van der Waals surface area contributed by atoms with E-state index in [2.05, 4.69) is 77.8 Å². The van der Waals surface area contributed by atoms with Gasteiger partial charge in [-0.15, -0.1) is 0 Å². The fourth-order valence-corrected chi connectivity index (χ4v) is 12.5. The molecule has 5 aliphatic heterocycles. The van der Waals surface area contributed by atoms with E-state index in [1.165, 1.54) is 36.4 Å². The molecule has 0 bridgehead atoms. The van der Waals surface area contributed by atoms with Gasteiger partial charge in [0.2, 0.25) is 0 Å². The third-order valence-electron chi connectivity index (χ3n) is 18.1. The second kappa shape index (κ2) is 34.1. The van der Waals surface area contributed by atoms with Crippen molar-refractivity contribution in [3.8, 4) is 34.5 Å². The third kappa shape index (κ3) is 20.8. The van der Waals surface area contributed by atoms with Crippen LogP contribution in [0.15, 0.2) is 142 Å². The number of nitrogens with zero attached hydrogens (tertiary/aromatic N) is 4. The first-order valence-electron chi connectivity index (χ1n) is 34.5. The van der Waals surface area contributed by atoms with Gasteiger partial charge in [0.05, 0.1) is 22.3 Å². The number of likely N-dealkylation sites (tertiary alicyclic amines) is 2. The molecule has 558 valence electrons. The Hall–Kier alpha value is -9.24. The van der Waals surface area contributed by atoms with Crippen LogP contribution in [0.5, 0.6) is 34.5 Å². The number of carboxylic acid groups (broad SMARTS) is 2. The number of nitrogen functional groups attached to an aromatic ring is 1. The van der Waals surface area contributed by atoms with E-state index in [1.807, 2.05) is 118 Å². The van der Waals surface area contributed by atoms with Crippen LogP contribution < -0.4 is 15.2 Å². The maximum atomic E-state index is 12.8. The smallest absolute Gasteiger partial charge is 0.495 e. The molecule has 0 radical (unpaired) electrons. The Morgan fingerprint density at radius 2 is 0.875 bits per heavy atom. The van der Waals surface area contributed by atoms with Crippen molar-refractivity contribution in [2.45, 2.75) is 156 Å². The predicted octanol–water partition coefficient (Wildman–Crippen LogP) is 15.5. The minimum Gasteiger partial charge on any atom is -0.507 e. The summed E-state index contributed by atoms with van der Waals surface area (Å²) in [5.41, 5.74) is 7.77. The maximum Gasteiger partial charge on any atom is 0.495 e. The first-order valence-corrected chi connectivity index (χ1v) is 36.0. The summed E-state index contributed by atoms with van der Waals surface area (Å²) >= 11 is 6.32. The van der Waals surface area contributed by atoms with Gasteiger partial charge in [-0.25, -0.2) is 19.2 Å². The molecule has 11 rings (SSSR count). The van der Waals surface area contributed by atoms with E-state index >= 15 is 0 Å². The molecule has 4 amide bonds. The molecule has 23 nitrogen and oxygen atoms in total. The van der Waals surface area contributed by atoms with Gasteiger partial charge in [-0.3, -0.25) is 9.59 Å². The molecule has 104 heavy (non-hydrogen) atoms. The second-order valence-corrected chi connectivity index (χ2v) is 30.2. The van der Waals surface area contributed by atoms with Gasteiger partial charge in [0.1, 0.15) is 68.0 Å². The monoisotopic (exact) mass is 1560 g/mol. The van der Waals surface area contributed by atoms with Crippen LogP contribution in [0.1, 0.15) is 181 Å². The molecule has 5 heterocycles. The van der Waals surface area contributed by atoms with E-state index in [0.29, 0.717) is 99.3 Å². The number of halogens is 2. The fraction of sp³-hybridized carbons (Fsp3) is 0.410. The van der Waals surface area contributed by atoms with Gasteiger partial charge in [-0.2, -0.15) is 0 Å². The zero-order chi connectivity index (χ0) is 77.0. The third-order valence-corrected chi connectivity index (χ3v) is 19.1. The fourth-order valence-electron chi connectivity index (χ4n) is 11.8. The largest absolute Gasteiger partial charge is 0.507 e. The average Bonchev–Trinajstić information content (AvgIpc) is 1.46. The summed E-state index contributed by atoms with van der Waals surface area (Å²) in [6.07, 6.45) is 6.31. The number of anilines is 1. The van der Waals surface area contributed by atoms with Crippen molar-refractivity contribution >= 4 is 91.7 Å². The van der Waals surface area contributed by atoms with Gasteiger partial charge in [0.25, 0.3) is 11.8 Å². The van der Waals surface area contributed by atoms with Crippen LogP contribution in [-0.4, -0.2) is 179 Å². The van der Waals surface area contributed by atoms with Crippen LogP contribution in [0.25, 0.3) is 11.0 Å². The Bertz CT molecular complexity index is 4080. The minimum absolute atomic E-state index is 0.0151. The summed E-state index contributed by atoms with van der Waals surface area (Å²) in [5, 5.41) is 55.4. The Labute approximate surface area is 625 Å². The number of phenolic OH excluding ortho intramolecular Hbond substituents is 2. The lowest BCUT2D eigenvalue weighted by Gasteiger charge is -2.43. The van der Waals surface area contributed by atoms with E-state index in [1.54, 1.807) is 49.9 Å². The van der Waals surface area contributed by atoms with Crippen molar-refractivity contribution in [2.24, 2.45) is 0 Å². The first kappa shape index (κ1) is 82.1. The summed E-state index contributed by atoms with van der Waals surface area (Å²) in [7, 11) is -0.462. The number of nitrogens with two attached hydrogens (primary N) is 1. The molecule has 0 unspecified atom stereocenters. The number of rotatable bonds is 10. The molecular weight excluding hydrogens is 1470 g/mol. The Balaban J connectivity index is 0.000000199. The van der Waals surface area contributed by atoms with Crippen molar-refractivity contribution in [1.82, 2.24) is 19.6 Å². The molecule has 0 saturated carbocycles. The van der Waals surface area contributed by atoms with E-state index in [4.69, 9.17) is 54.4 Å². The standard InChI is InChI=1S/C29H36N2O5.C24H34BNO5.C11H14BrNO2.C7H5BrO3.C7H7NO3/c1-6-30(7-2)26(33)22-13-12-20(18-24(22)32)23-19-29(35-25-11-9-8-10-21(23)25)14-16-31(17-15-29)27(34)36-28(3,4)5;1-21(2,3)29-20(27)26-14-12-24(13-15-26)16-18(17-10-8-9-11-19(17)28-24)25-30-22(4,5)23(6,7)31-25;1-3-13(4-2)11(15)9-6-5-8(12)7-10(9)14;2*8-4-1-2-5(7(10)11)6(9)3-4/h8-13,18-19,32H,6-7,14-17H2,1-5H3;8-11,16H,12-15H2,1-7H3;5-7,14H,3-4H2,1-2H3;1-3,9H,(H,10,11);1-3,9H,8H2,(H,10,11). The summed E-state index contributed by atoms with van der Waals surface area (Å²) in [5.74, 6) is -1.57. The first-order chi connectivity index (χ1) is 48.7. The number of piperidine rings is 2. The Morgan fingerprint density at radius 1 is 0.510 bits per heavy atom. The molecule has 6 aromatic rings. The molecule has 0 aliphatic carbocycles. The van der Waals surface area contributed by atoms with Crippen LogP contribution in [0.4, 0.5) is 15.3 Å². The number of hydrogen-bond donors (Lipinski definition) is 7. The van der Waals surface area contributed by atoms with Gasteiger partial charge in [-0.1, -0.05) is 74.3 Å².